The molecule has 2 fully saturated rings. The van der Waals surface area contributed by atoms with Gasteiger partial charge in [-0.3, -0.25) is 9.78 Å². The van der Waals surface area contributed by atoms with Crippen LogP contribution in [0.15, 0.2) is 48.2 Å². The molecule has 2 aliphatic heterocycles. The van der Waals surface area contributed by atoms with Crippen LogP contribution in [0.25, 0.3) is 0 Å². The van der Waals surface area contributed by atoms with E-state index in [0.29, 0.717) is 35.8 Å². The molecule has 5 rings (SSSR count). The zero-order valence-electron chi connectivity index (χ0n) is 19.7. The van der Waals surface area contributed by atoms with Gasteiger partial charge in [0.2, 0.25) is 0 Å². The van der Waals surface area contributed by atoms with Crippen LogP contribution in [0.2, 0.25) is 0 Å². The number of rotatable bonds is 7. The Hall–Kier alpha value is -3.34. The van der Waals surface area contributed by atoms with Crippen LogP contribution >= 0.6 is 11.3 Å². The molecule has 1 amide bonds. The van der Waals surface area contributed by atoms with Crippen LogP contribution in [-0.4, -0.2) is 54.1 Å². The van der Waals surface area contributed by atoms with Gasteiger partial charge < -0.3 is 19.9 Å². The van der Waals surface area contributed by atoms with Crippen LogP contribution in [0, 0.1) is 5.82 Å². The molecular weight excluding hydrogens is 491 g/mol. The van der Waals surface area contributed by atoms with Crippen molar-refractivity contribution in [1.82, 2.24) is 15.3 Å². The fourth-order valence-electron chi connectivity index (χ4n) is 4.55. The highest BCUT2D eigenvalue weighted by Crippen LogP contribution is 2.35. The van der Waals surface area contributed by atoms with E-state index in [1.54, 1.807) is 11.6 Å². The quantitative estimate of drug-likeness (QED) is 0.491. The third kappa shape index (κ3) is 5.25. The van der Waals surface area contributed by atoms with E-state index >= 15 is 4.39 Å². The zero-order valence-corrected chi connectivity index (χ0v) is 20.5. The van der Waals surface area contributed by atoms with Gasteiger partial charge in [0, 0.05) is 32.1 Å². The molecule has 0 aliphatic carbocycles. The van der Waals surface area contributed by atoms with Gasteiger partial charge in [-0.05, 0) is 30.7 Å². The van der Waals surface area contributed by atoms with E-state index in [1.807, 2.05) is 36.1 Å². The van der Waals surface area contributed by atoms with E-state index < -0.39 is 18.3 Å². The maximum atomic E-state index is 15.2. The number of nitrogens with one attached hydrogen (secondary N) is 1. The average Bonchev–Trinajstić information content (AvgIpc) is 3.61. The van der Waals surface area contributed by atoms with E-state index in [4.69, 9.17) is 4.74 Å². The number of aromatic nitrogens is 2. The predicted octanol–water partition coefficient (Wildman–Crippen LogP) is 4.67. The maximum Gasteiger partial charge on any atom is 0.266 e. The first kappa shape index (κ1) is 24.4. The molecule has 2 aromatic heterocycles. The van der Waals surface area contributed by atoms with Crippen LogP contribution < -0.4 is 19.9 Å². The molecule has 7 nitrogen and oxygen atoms in total. The minimum atomic E-state index is -2.82. The summed E-state index contributed by atoms with van der Waals surface area (Å²) in [6.45, 7) is 2.52. The van der Waals surface area contributed by atoms with Crippen molar-refractivity contribution in [3.05, 3.63) is 64.5 Å². The number of nitrogens with zero attached hydrogens (tertiary/aromatic N) is 4. The molecule has 1 N–H and O–H groups in total. The van der Waals surface area contributed by atoms with Crippen molar-refractivity contribution in [1.29, 1.82) is 0 Å². The molecule has 2 atom stereocenters. The molecule has 1 aromatic carbocycles. The summed E-state index contributed by atoms with van der Waals surface area (Å²) in [4.78, 5) is 23.9. The lowest BCUT2D eigenvalue weighted by Gasteiger charge is -2.23. The lowest BCUT2D eigenvalue weighted by molar-refractivity contribution is 0.0256. The number of halogens is 3. The van der Waals surface area contributed by atoms with Gasteiger partial charge in [0.25, 0.3) is 11.8 Å². The Morgan fingerprint density at radius 1 is 1.22 bits per heavy atom. The van der Waals surface area contributed by atoms with E-state index in [9.17, 15) is 13.6 Å². The Morgan fingerprint density at radius 3 is 2.72 bits per heavy atom. The Labute approximate surface area is 210 Å². The minimum absolute atomic E-state index is 0.0267. The Kier molecular flexibility index (Phi) is 6.74. The first-order chi connectivity index (χ1) is 17.3. The Morgan fingerprint density at radius 2 is 2.03 bits per heavy atom. The first-order valence-corrected chi connectivity index (χ1v) is 12.7. The topological polar surface area (TPSA) is 70.6 Å². The summed E-state index contributed by atoms with van der Waals surface area (Å²) >= 11 is 1.29. The summed E-state index contributed by atoms with van der Waals surface area (Å²) in [5.41, 5.74) is 2.90. The summed E-state index contributed by atoms with van der Waals surface area (Å²) in [7, 11) is 0. The SMILES string of the molecule is C[C@H](NC(=O)c1cncs1)c1ccc(OC2CCN(c3ccnc(N4CCC(F)(F)C4)c3F)C2)cc1. The molecule has 0 saturated carbocycles. The highest BCUT2D eigenvalue weighted by molar-refractivity contribution is 7.11. The number of pyridine rings is 1. The lowest BCUT2D eigenvalue weighted by Crippen LogP contribution is -2.28. The van der Waals surface area contributed by atoms with Crippen molar-refractivity contribution >= 4 is 28.7 Å². The third-order valence-electron chi connectivity index (χ3n) is 6.49. The molecule has 3 aromatic rings. The van der Waals surface area contributed by atoms with Crippen molar-refractivity contribution in [2.24, 2.45) is 0 Å². The molecule has 0 radical (unpaired) electrons. The van der Waals surface area contributed by atoms with Crippen LogP contribution in [-0.2, 0) is 0 Å². The number of amides is 1. The number of hydrogen-bond donors (Lipinski definition) is 1. The van der Waals surface area contributed by atoms with Crippen LogP contribution in [0.1, 0.15) is 41.0 Å². The second-order valence-corrected chi connectivity index (χ2v) is 9.99. The standard InChI is InChI=1S/C25H26F3N5O2S/c1-16(31-24(34)21-12-29-15-36-21)17-2-4-18(5-3-17)35-19-7-10-32(13-19)20-6-9-30-23(22(20)26)33-11-8-25(27,28)14-33/h2-6,9,12,15-16,19H,7-8,10-11,13-14H2,1H3,(H,31,34)/t16-,19?/m0/s1. The third-order valence-corrected chi connectivity index (χ3v) is 7.26. The van der Waals surface area contributed by atoms with Gasteiger partial charge in [0.1, 0.15) is 16.7 Å². The van der Waals surface area contributed by atoms with Gasteiger partial charge in [0.15, 0.2) is 11.6 Å². The Bertz CT molecular complexity index is 1210. The number of hydrogen-bond acceptors (Lipinski definition) is 7. The van der Waals surface area contributed by atoms with Gasteiger partial charge in [-0.25, -0.2) is 18.2 Å². The monoisotopic (exact) mass is 517 g/mol. The molecule has 36 heavy (non-hydrogen) atoms. The molecule has 0 bridgehead atoms. The van der Waals surface area contributed by atoms with E-state index in [0.717, 1.165) is 5.56 Å². The Balaban J connectivity index is 1.18. The smallest absolute Gasteiger partial charge is 0.266 e. The van der Waals surface area contributed by atoms with Gasteiger partial charge in [-0.15, -0.1) is 11.3 Å². The summed E-state index contributed by atoms with van der Waals surface area (Å²) in [5.74, 6) is -2.91. The summed E-state index contributed by atoms with van der Waals surface area (Å²) in [5, 5.41) is 2.95. The fraction of sp³-hybridized carbons (Fsp3) is 0.400. The largest absolute Gasteiger partial charge is 0.489 e. The van der Waals surface area contributed by atoms with Crippen LogP contribution in [0.3, 0.4) is 0 Å². The lowest BCUT2D eigenvalue weighted by atomic mass is 10.1. The summed E-state index contributed by atoms with van der Waals surface area (Å²) < 4.78 is 48.6. The second-order valence-electron chi connectivity index (χ2n) is 9.10. The highest BCUT2D eigenvalue weighted by atomic mass is 32.1. The normalized spacial score (nSPS) is 19.9. The molecular formula is C25H26F3N5O2S. The van der Waals surface area contributed by atoms with Gasteiger partial charge >= 0.3 is 0 Å². The van der Waals surface area contributed by atoms with Gasteiger partial charge in [-0.1, -0.05) is 12.1 Å². The number of carbonyl (C=O) groups excluding carboxylic acids is 1. The molecule has 4 heterocycles. The van der Waals surface area contributed by atoms with Gasteiger partial charge in [-0.2, -0.15) is 0 Å². The molecule has 2 aliphatic rings. The number of ether oxygens (including phenoxy) is 1. The van der Waals surface area contributed by atoms with E-state index in [2.05, 4.69) is 15.3 Å². The number of benzene rings is 1. The second kappa shape index (κ2) is 9.96. The van der Waals surface area contributed by atoms with Crippen molar-refractivity contribution in [2.75, 3.05) is 36.0 Å². The molecule has 11 heteroatoms. The van der Waals surface area contributed by atoms with Crippen molar-refractivity contribution < 1.29 is 22.7 Å². The maximum absolute atomic E-state index is 15.2. The fourth-order valence-corrected chi connectivity index (χ4v) is 5.08. The number of carbonyl (C=O) groups is 1. The minimum Gasteiger partial charge on any atom is -0.489 e. The molecule has 0 spiro atoms. The molecule has 1 unspecified atom stereocenters. The summed E-state index contributed by atoms with van der Waals surface area (Å²) in [6, 6.07) is 8.90. The van der Waals surface area contributed by atoms with E-state index in [1.165, 1.54) is 28.6 Å². The number of thiazole rings is 1. The van der Waals surface area contributed by atoms with Crippen molar-refractivity contribution in [3.8, 4) is 5.75 Å². The zero-order chi connectivity index (χ0) is 25.3. The number of anilines is 2. The van der Waals surface area contributed by atoms with Crippen LogP contribution in [0.4, 0.5) is 24.7 Å². The summed E-state index contributed by atoms with van der Waals surface area (Å²) in [6.07, 6.45) is 3.26. The van der Waals surface area contributed by atoms with Crippen molar-refractivity contribution in [3.63, 3.8) is 0 Å². The van der Waals surface area contributed by atoms with E-state index in [-0.39, 0.29) is 36.8 Å². The number of alkyl halides is 2. The molecule has 2 saturated heterocycles. The first-order valence-electron chi connectivity index (χ1n) is 11.8. The van der Waals surface area contributed by atoms with Crippen molar-refractivity contribution in [2.45, 2.75) is 37.8 Å². The predicted molar refractivity (Wildman–Crippen MR) is 132 cm³/mol. The highest BCUT2D eigenvalue weighted by Gasteiger charge is 2.40. The van der Waals surface area contributed by atoms with Crippen LogP contribution in [0.5, 0.6) is 5.75 Å². The van der Waals surface area contributed by atoms with Gasteiger partial charge in [0.05, 0.1) is 36.5 Å². The molecule has 190 valence electrons. The average molecular weight is 518 g/mol.